The van der Waals surface area contributed by atoms with Gasteiger partial charge in [-0.05, 0) is 32.9 Å². The number of ether oxygens (including phenoxy) is 1. The van der Waals surface area contributed by atoms with Crippen molar-refractivity contribution in [2.75, 3.05) is 0 Å². The van der Waals surface area contributed by atoms with E-state index in [-0.39, 0.29) is 5.75 Å². The van der Waals surface area contributed by atoms with Crippen LogP contribution in [0.15, 0.2) is 18.2 Å². The molecule has 0 saturated heterocycles. The first kappa shape index (κ1) is 12.7. The van der Waals surface area contributed by atoms with Crippen molar-refractivity contribution in [3.63, 3.8) is 0 Å². The number of alkyl halides is 3. The summed E-state index contributed by atoms with van der Waals surface area (Å²) in [4.78, 5) is 0. The van der Waals surface area contributed by atoms with Crippen LogP contribution in [0, 0.1) is 0 Å². The Labute approximate surface area is 91.7 Å². The fraction of sp³-hybridized carbons (Fsp3) is 0.455. The van der Waals surface area contributed by atoms with E-state index in [1.165, 1.54) is 6.07 Å². The summed E-state index contributed by atoms with van der Waals surface area (Å²) < 4.78 is 42.3. The summed E-state index contributed by atoms with van der Waals surface area (Å²) >= 11 is 0. The highest BCUT2D eigenvalue weighted by molar-refractivity contribution is 5.41. The molecule has 0 aliphatic rings. The van der Waals surface area contributed by atoms with Gasteiger partial charge < -0.3 is 9.84 Å². The van der Waals surface area contributed by atoms with Gasteiger partial charge in [0.25, 0.3) is 0 Å². The lowest BCUT2D eigenvalue weighted by Gasteiger charge is -2.21. The van der Waals surface area contributed by atoms with Crippen molar-refractivity contribution in [2.45, 2.75) is 32.5 Å². The molecule has 16 heavy (non-hydrogen) atoms. The second-order valence-electron chi connectivity index (χ2n) is 4.39. The van der Waals surface area contributed by atoms with Crippen LogP contribution in [0.5, 0.6) is 11.5 Å². The minimum absolute atomic E-state index is 0.206. The van der Waals surface area contributed by atoms with Gasteiger partial charge >= 0.3 is 6.18 Å². The maximum atomic E-state index is 12.3. The monoisotopic (exact) mass is 234 g/mol. The van der Waals surface area contributed by atoms with Gasteiger partial charge in [0.15, 0.2) is 0 Å². The molecule has 0 fully saturated rings. The molecule has 0 amide bonds. The summed E-state index contributed by atoms with van der Waals surface area (Å²) in [6.45, 7) is 5.30. The number of phenols is 1. The lowest BCUT2D eigenvalue weighted by molar-refractivity contribution is -0.138. The summed E-state index contributed by atoms with van der Waals surface area (Å²) in [7, 11) is 0. The highest BCUT2D eigenvalue weighted by Crippen LogP contribution is 2.37. The van der Waals surface area contributed by atoms with Gasteiger partial charge in [0.1, 0.15) is 17.1 Å². The summed E-state index contributed by atoms with van der Waals surface area (Å²) in [5.74, 6) is -0.618. The van der Waals surface area contributed by atoms with Gasteiger partial charge in [0, 0.05) is 6.07 Å². The van der Waals surface area contributed by atoms with Crippen molar-refractivity contribution in [1.82, 2.24) is 0 Å². The average Bonchev–Trinajstić information content (AvgIpc) is 1.97. The van der Waals surface area contributed by atoms with Crippen LogP contribution in [-0.2, 0) is 6.18 Å². The van der Waals surface area contributed by atoms with E-state index in [0.29, 0.717) is 0 Å². The molecule has 0 spiro atoms. The molecule has 5 heteroatoms. The normalized spacial score (nSPS) is 12.6. The Hall–Kier alpha value is -1.39. The van der Waals surface area contributed by atoms with E-state index in [4.69, 9.17) is 4.74 Å². The van der Waals surface area contributed by atoms with Crippen LogP contribution in [0.25, 0.3) is 0 Å². The number of hydrogen-bond acceptors (Lipinski definition) is 2. The summed E-state index contributed by atoms with van der Waals surface area (Å²) in [5.41, 5.74) is -1.58. The molecule has 0 radical (unpaired) electrons. The second kappa shape index (κ2) is 3.88. The molecular formula is C11H13F3O2. The Morgan fingerprint density at radius 1 is 1.12 bits per heavy atom. The van der Waals surface area contributed by atoms with E-state index < -0.39 is 23.1 Å². The van der Waals surface area contributed by atoms with Crippen LogP contribution in [-0.4, -0.2) is 10.7 Å². The third-order valence-corrected chi connectivity index (χ3v) is 1.70. The third-order valence-electron chi connectivity index (χ3n) is 1.70. The lowest BCUT2D eigenvalue weighted by Crippen LogP contribution is -2.23. The minimum Gasteiger partial charge on any atom is -0.507 e. The zero-order chi connectivity index (χ0) is 12.6. The zero-order valence-electron chi connectivity index (χ0n) is 9.22. The van der Waals surface area contributed by atoms with Crippen molar-refractivity contribution in [3.05, 3.63) is 23.8 Å². The molecular weight excluding hydrogens is 221 g/mol. The number of phenolic OH excluding ortho intramolecular Hbond substituents is 1. The predicted octanol–water partition coefficient (Wildman–Crippen LogP) is 3.59. The van der Waals surface area contributed by atoms with Crippen LogP contribution in [0.4, 0.5) is 13.2 Å². The van der Waals surface area contributed by atoms with E-state index >= 15 is 0 Å². The molecule has 1 N–H and O–H groups in total. The molecule has 0 bridgehead atoms. The molecule has 0 aliphatic carbocycles. The first-order chi connectivity index (χ1) is 7.09. The number of halogens is 3. The summed E-state index contributed by atoms with van der Waals surface area (Å²) in [6, 6.07) is 2.96. The molecule has 1 aromatic carbocycles. The first-order valence-corrected chi connectivity index (χ1v) is 4.69. The van der Waals surface area contributed by atoms with E-state index in [1.54, 1.807) is 20.8 Å². The highest BCUT2D eigenvalue weighted by atomic mass is 19.4. The van der Waals surface area contributed by atoms with Gasteiger partial charge in [0.05, 0.1) is 5.56 Å². The van der Waals surface area contributed by atoms with Gasteiger partial charge in [-0.3, -0.25) is 0 Å². The maximum Gasteiger partial charge on any atom is 0.419 e. The Bertz CT molecular complexity index is 378. The van der Waals surface area contributed by atoms with E-state index in [0.717, 1.165) is 12.1 Å². The Balaban J connectivity index is 3.01. The minimum atomic E-state index is -4.55. The number of hydrogen-bond donors (Lipinski definition) is 1. The Morgan fingerprint density at radius 3 is 2.06 bits per heavy atom. The van der Waals surface area contributed by atoms with Gasteiger partial charge in [0.2, 0.25) is 0 Å². The quantitative estimate of drug-likeness (QED) is 0.804. The smallest absolute Gasteiger partial charge is 0.419 e. The molecule has 0 atom stereocenters. The van der Waals surface area contributed by atoms with Gasteiger partial charge in [-0.15, -0.1) is 0 Å². The SMILES string of the molecule is CC(C)(C)Oc1ccc(C(F)(F)F)c(O)c1. The molecule has 90 valence electrons. The van der Waals surface area contributed by atoms with Crippen molar-refractivity contribution in [2.24, 2.45) is 0 Å². The van der Waals surface area contributed by atoms with Crippen molar-refractivity contribution >= 4 is 0 Å². The summed E-state index contributed by atoms with van der Waals surface area (Å²) in [6.07, 6.45) is -4.55. The molecule has 0 heterocycles. The first-order valence-electron chi connectivity index (χ1n) is 4.69. The topological polar surface area (TPSA) is 29.5 Å². The van der Waals surface area contributed by atoms with Crippen molar-refractivity contribution in [3.8, 4) is 11.5 Å². The third kappa shape index (κ3) is 3.32. The standard InChI is InChI=1S/C11H13F3O2/c1-10(2,3)16-7-4-5-8(9(15)6-7)11(12,13)14/h4-6,15H,1-3H3. The number of benzene rings is 1. The molecule has 0 saturated carbocycles. The molecule has 1 rings (SSSR count). The van der Waals surface area contributed by atoms with E-state index in [9.17, 15) is 18.3 Å². The summed E-state index contributed by atoms with van der Waals surface area (Å²) in [5, 5.41) is 9.22. The Morgan fingerprint density at radius 2 is 1.69 bits per heavy atom. The van der Waals surface area contributed by atoms with Crippen molar-refractivity contribution < 1.29 is 23.0 Å². The number of rotatable bonds is 1. The van der Waals surface area contributed by atoms with Crippen LogP contribution < -0.4 is 4.74 Å². The van der Waals surface area contributed by atoms with E-state index in [1.807, 2.05) is 0 Å². The van der Waals surface area contributed by atoms with Gasteiger partial charge in [-0.25, -0.2) is 0 Å². The van der Waals surface area contributed by atoms with Crippen LogP contribution >= 0.6 is 0 Å². The Kier molecular flexibility index (Phi) is 3.08. The van der Waals surface area contributed by atoms with Crippen molar-refractivity contribution in [1.29, 1.82) is 0 Å². The molecule has 0 aliphatic heterocycles. The van der Waals surface area contributed by atoms with Crippen LogP contribution in [0.3, 0.4) is 0 Å². The van der Waals surface area contributed by atoms with Gasteiger partial charge in [-0.2, -0.15) is 13.2 Å². The predicted molar refractivity (Wildman–Crippen MR) is 53.5 cm³/mol. The average molecular weight is 234 g/mol. The fourth-order valence-corrected chi connectivity index (χ4v) is 1.17. The fourth-order valence-electron chi connectivity index (χ4n) is 1.17. The molecule has 2 nitrogen and oxygen atoms in total. The van der Waals surface area contributed by atoms with E-state index in [2.05, 4.69) is 0 Å². The van der Waals surface area contributed by atoms with Gasteiger partial charge in [-0.1, -0.05) is 0 Å². The zero-order valence-corrected chi connectivity index (χ0v) is 9.22. The lowest BCUT2D eigenvalue weighted by atomic mass is 10.1. The highest BCUT2D eigenvalue weighted by Gasteiger charge is 2.34. The maximum absolute atomic E-state index is 12.3. The van der Waals surface area contributed by atoms with Crippen LogP contribution in [0.1, 0.15) is 26.3 Å². The molecule has 0 aromatic heterocycles. The number of aromatic hydroxyl groups is 1. The van der Waals surface area contributed by atoms with Crippen LogP contribution in [0.2, 0.25) is 0 Å². The second-order valence-corrected chi connectivity index (χ2v) is 4.39. The largest absolute Gasteiger partial charge is 0.507 e. The molecule has 1 aromatic rings. The molecule has 0 unspecified atom stereocenters.